The zero-order chi connectivity index (χ0) is 19.1. The molecule has 2 aromatic carbocycles. The van der Waals surface area contributed by atoms with Crippen molar-refractivity contribution in [2.24, 2.45) is 0 Å². The number of benzene rings is 2. The van der Waals surface area contributed by atoms with E-state index in [1.807, 2.05) is 0 Å². The summed E-state index contributed by atoms with van der Waals surface area (Å²) in [4.78, 5) is 12.5. The lowest BCUT2D eigenvalue weighted by Crippen LogP contribution is -1.98. The van der Waals surface area contributed by atoms with Gasteiger partial charge in [0.15, 0.2) is 17.3 Å². The lowest BCUT2D eigenvalue weighted by molar-refractivity contribution is 0.104. The van der Waals surface area contributed by atoms with E-state index >= 15 is 0 Å². The first-order valence-corrected chi connectivity index (χ1v) is 7.99. The van der Waals surface area contributed by atoms with Crippen LogP contribution in [-0.4, -0.2) is 32.2 Å². The number of rotatable bonds is 8. The lowest BCUT2D eigenvalue weighted by Gasteiger charge is -2.12. The van der Waals surface area contributed by atoms with Crippen molar-refractivity contribution in [1.82, 2.24) is 0 Å². The van der Waals surface area contributed by atoms with E-state index < -0.39 is 0 Å². The molecule has 26 heavy (non-hydrogen) atoms. The highest BCUT2D eigenvalue weighted by Crippen LogP contribution is 2.38. The van der Waals surface area contributed by atoms with Crippen LogP contribution < -0.4 is 14.2 Å². The van der Waals surface area contributed by atoms with E-state index in [4.69, 9.17) is 14.2 Å². The van der Waals surface area contributed by atoms with Crippen LogP contribution in [0, 0.1) is 0 Å². The van der Waals surface area contributed by atoms with Gasteiger partial charge in [-0.15, -0.1) is 6.58 Å². The molecule has 0 saturated carbocycles. The van der Waals surface area contributed by atoms with Crippen LogP contribution in [0.4, 0.5) is 0 Å². The number of allylic oxidation sites excluding steroid dienone is 2. The first kappa shape index (κ1) is 19.1. The maximum absolute atomic E-state index is 12.5. The average molecular weight is 354 g/mol. The second-order valence-electron chi connectivity index (χ2n) is 5.46. The van der Waals surface area contributed by atoms with Gasteiger partial charge in [-0.2, -0.15) is 0 Å². The Kier molecular flexibility index (Phi) is 6.44. The Hall–Kier alpha value is -3.21. The third-order valence-corrected chi connectivity index (χ3v) is 3.86. The molecule has 0 amide bonds. The van der Waals surface area contributed by atoms with Crippen LogP contribution in [0.25, 0.3) is 6.08 Å². The Morgan fingerprint density at radius 2 is 1.77 bits per heavy atom. The number of methoxy groups -OCH3 is 3. The molecule has 136 valence electrons. The van der Waals surface area contributed by atoms with Crippen molar-refractivity contribution in [3.05, 3.63) is 65.8 Å². The van der Waals surface area contributed by atoms with E-state index in [0.29, 0.717) is 34.8 Å². The molecule has 0 aliphatic carbocycles. The molecule has 0 aliphatic heterocycles. The van der Waals surface area contributed by atoms with Gasteiger partial charge >= 0.3 is 0 Å². The van der Waals surface area contributed by atoms with Crippen LogP contribution in [0.5, 0.6) is 23.0 Å². The molecule has 0 spiro atoms. The summed E-state index contributed by atoms with van der Waals surface area (Å²) >= 11 is 0. The summed E-state index contributed by atoms with van der Waals surface area (Å²) in [6, 6.07) is 8.55. The largest absolute Gasteiger partial charge is 0.507 e. The standard InChI is InChI=1S/C21H22O5/c1-5-7-15-8-6-9-16(20(15)23)17(22)11-10-14-12-18(24-2)21(26-4)19(13-14)25-3/h5-6,8-13,23H,1,7H2,2-4H3/b11-10+. The van der Waals surface area contributed by atoms with Crippen molar-refractivity contribution in [2.75, 3.05) is 21.3 Å². The fourth-order valence-corrected chi connectivity index (χ4v) is 2.57. The number of hydrogen-bond donors (Lipinski definition) is 1. The second kappa shape index (κ2) is 8.76. The summed E-state index contributed by atoms with van der Waals surface area (Å²) in [5, 5.41) is 10.3. The molecule has 0 unspecified atom stereocenters. The van der Waals surface area contributed by atoms with E-state index in [1.54, 1.807) is 42.5 Å². The van der Waals surface area contributed by atoms with Gasteiger partial charge in [0.2, 0.25) is 5.75 Å². The molecule has 0 fully saturated rings. The molecule has 0 radical (unpaired) electrons. The average Bonchev–Trinajstić information content (AvgIpc) is 2.66. The van der Waals surface area contributed by atoms with Gasteiger partial charge in [0.1, 0.15) is 5.75 Å². The maximum atomic E-state index is 12.5. The monoisotopic (exact) mass is 354 g/mol. The van der Waals surface area contributed by atoms with Gasteiger partial charge in [0, 0.05) is 0 Å². The van der Waals surface area contributed by atoms with Gasteiger partial charge in [-0.3, -0.25) is 4.79 Å². The third-order valence-electron chi connectivity index (χ3n) is 3.86. The summed E-state index contributed by atoms with van der Waals surface area (Å²) in [5.74, 6) is 1.15. The zero-order valence-electron chi connectivity index (χ0n) is 15.1. The number of hydrogen-bond acceptors (Lipinski definition) is 5. The van der Waals surface area contributed by atoms with Crippen LogP contribution in [0.3, 0.4) is 0 Å². The predicted molar refractivity (Wildman–Crippen MR) is 101 cm³/mol. The third kappa shape index (κ3) is 4.06. The zero-order valence-corrected chi connectivity index (χ0v) is 15.1. The van der Waals surface area contributed by atoms with Gasteiger partial charge in [-0.05, 0) is 41.8 Å². The highest BCUT2D eigenvalue weighted by Gasteiger charge is 2.14. The summed E-state index contributed by atoms with van der Waals surface area (Å²) < 4.78 is 15.9. The number of carbonyl (C=O) groups is 1. The van der Waals surface area contributed by atoms with Crippen molar-refractivity contribution in [3.63, 3.8) is 0 Å². The molecule has 5 nitrogen and oxygen atoms in total. The van der Waals surface area contributed by atoms with Gasteiger partial charge < -0.3 is 19.3 Å². The molecule has 2 aromatic rings. The predicted octanol–water partition coefficient (Wildman–Crippen LogP) is 4.04. The summed E-state index contributed by atoms with van der Waals surface area (Å²) in [5.41, 5.74) is 1.61. The smallest absolute Gasteiger partial charge is 0.203 e. The van der Waals surface area contributed by atoms with E-state index in [1.165, 1.54) is 27.4 Å². The SMILES string of the molecule is C=CCc1cccc(C(=O)/C=C/c2cc(OC)c(OC)c(OC)c2)c1O. The number of phenolic OH excluding ortho intramolecular Hbond substituents is 1. The molecule has 0 aliphatic rings. The molecule has 2 rings (SSSR count). The Bertz CT molecular complexity index is 811. The number of carbonyl (C=O) groups excluding carboxylic acids is 1. The van der Waals surface area contributed by atoms with Crippen LogP contribution >= 0.6 is 0 Å². The van der Waals surface area contributed by atoms with Gasteiger partial charge in [-0.1, -0.05) is 24.3 Å². The Morgan fingerprint density at radius 1 is 1.12 bits per heavy atom. The molecule has 0 bridgehead atoms. The summed E-state index contributed by atoms with van der Waals surface area (Å²) in [7, 11) is 4.58. The molecular weight excluding hydrogens is 332 g/mol. The van der Waals surface area contributed by atoms with Crippen molar-refractivity contribution >= 4 is 11.9 Å². The Morgan fingerprint density at radius 3 is 2.31 bits per heavy atom. The van der Waals surface area contributed by atoms with Crippen molar-refractivity contribution in [1.29, 1.82) is 0 Å². The van der Waals surface area contributed by atoms with Crippen LogP contribution in [0.15, 0.2) is 49.1 Å². The van der Waals surface area contributed by atoms with Crippen molar-refractivity contribution < 1.29 is 24.1 Å². The molecule has 1 N–H and O–H groups in total. The van der Waals surface area contributed by atoms with Gasteiger partial charge in [-0.25, -0.2) is 0 Å². The van der Waals surface area contributed by atoms with Gasteiger partial charge in [0.05, 0.1) is 26.9 Å². The van der Waals surface area contributed by atoms with E-state index in [2.05, 4.69) is 6.58 Å². The minimum Gasteiger partial charge on any atom is -0.507 e. The van der Waals surface area contributed by atoms with Crippen LogP contribution in [0.1, 0.15) is 21.5 Å². The highest BCUT2D eigenvalue weighted by atomic mass is 16.5. The molecule has 5 heteroatoms. The minimum atomic E-state index is -0.304. The number of ether oxygens (including phenoxy) is 3. The van der Waals surface area contributed by atoms with E-state index in [0.717, 1.165) is 0 Å². The quantitative estimate of drug-likeness (QED) is 0.440. The fraction of sp³-hybridized carbons (Fsp3) is 0.190. The number of aromatic hydroxyl groups is 1. The topological polar surface area (TPSA) is 65.0 Å². The minimum absolute atomic E-state index is 0.0213. The fourth-order valence-electron chi connectivity index (χ4n) is 2.57. The first-order valence-electron chi connectivity index (χ1n) is 7.99. The number of ketones is 1. The van der Waals surface area contributed by atoms with E-state index in [-0.39, 0.29) is 17.1 Å². The maximum Gasteiger partial charge on any atom is 0.203 e. The molecule has 0 aromatic heterocycles. The van der Waals surface area contributed by atoms with Gasteiger partial charge in [0.25, 0.3) is 0 Å². The van der Waals surface area contributed by atoms with Crippen molar-refractivity contribution in [3.8, 4) is 23.0 Å². The number of para-hydroxylation sites is 1. The van der Waals surface area contributed by atoms with Crippen LogP contribution in [-0.2, 0) is 6.42 Å². The van der Waals surface area contributed by atoms with Crippen molar-refractivity contribution in [2.45, 2.75) is 6.42 Å². The number of phenols is 1. The highest BCUT2D eigenvalue weighted by molar-refractivity contribution is 6.08. The lowest BCUT2D eigenvalue weighted by atomic mass is 10.0. The molecule has 0 heterocycles. The van der Waals surface area contributed by atoms with E-state index in [9.17, 15) is 9.90 Å². The molecule has 0 saturated heterocycles. The summed E-state index contributed by atoms with van der Waals surface area (Å²) in [6.07, 6.45) is 5.19. The Labute approximate surface area is 153 Å². The van der Waals surface area contributed by atoms with Crippen LogP contribution in [0.2, 0.25) is 0 Å². The summed E-state index contributed by atoms with van der Waals surface area (Å²) in [6.45, 7) is 3.65. The Balaban J connectivity index is 2.34. The second-order valence-corrected chi connectivity index (χ2v) is 5.46. The molecular formula is C21H22O5. The first-order chi connectivity index (χ1) is 12.5. The normalized spacial score (nSPS) is 10.6. The molecule has 0 atom stereocenters.